The predicted molar refractivity (Wildman–Crippen MR) is 211 cm³/mol. The Morgan fingerprint density at radius 3 is 1.96 bits per heavy atom. The molecule has 0 amide bonds. The van der Waals surface area contributed by atoms with Crippen LogP contribution < -0.4 is 0 Å². The topological polar surface area (TPSA) is 56.7 Å². The van der Waals surface area contributed by atoms with Gasteiger partial charge >= 0.3 is 0 Å². The van der Waals surface area contributed by atoms with Crippen molar-refractivity contribution in [1.29, 1.82) is 0 Å². The SMILES string of the molecule is c1ccc(-n2c3ccccc3c3cccc(-c4nc(-c5ccc6c(c5)sc5ccccc56)nc(-c5ccc6oc7ccccc7c6c5)n4)c32)cc1. The summed E-state index contributed by atoms with van der Waals surface area (Å²) >= 11 is 1.79. The van der Waals surface area contributed by atoms with Crippen molar-refractivity contribution in [2.45, 2.75) is 0 Å². The Bertz CT molecular complexity index is 3150. The molecular weight excluding hydrogens is 645 g/mol. The second-order valence-electron chi connectivity index (χ2n) is 12.8. The highest BCUT2D eigenvalue weighted by molar-refractivity contribution is 7.25. The van der Waals surface area contributed by atoms with Crippen LogP contribution in [0.4, 0.5) is 0 Å². The summed E-state index contributed by atoms with van der Waals surface area (Å²) in [6, 6.07) is 55.0. The van der Waals surface area contributed by atoms with Gasteiger partial charge in [0.15, 0.2) is 17.5 Å². The maximum absolute atomic E-state index is 6.17. The zero-order valence-corrected chi connectivity index (χ0v) is 27.9. The molecule has 4 aromatic heterocycles. The molecule has 0 bridgehead atoms. The molecule has 5 nitrogen and oxygen atoms in total. The molecule has 4 heterocycles. The first-order valence-electron chi connectivity index (χ1n) is 16.9. The van der Waals surface area contributed by atoms with Gasteiger partial charge < -0.3 is 8.98 Å². The molecule has 238 valence electrons. The zero-order valence-electron chi connectivity index (χ0n) is 27.1. The van der Waals surface area contributed by atoms with Gasteiger partial charge in [-0.1, -0.05) is 97.1 Å². The number of rotatable bonds is 4. The monoisotopic (exact) mass is 670 g/mol. The normalized spacial score (nSPS) is 11.9. The van der Waals surface area contributed by atoms with Crippen molar-refractivity contribution in [3.8, 4) is 39.9 Å². The highest BCUT2D eigenvalue weighted by Gasteiger charge is 2.21. The highest BCUT2D eigenvalue weighted by atomic mass is 32.1. The minimum absolute atomic E-state index is 0.609. The lowest BCUT2D eigenvalue weighted by Gasteiger charge is -2.12. The summed E-state index contributed by atoms with van der Waals surface area (Å²) in [5, 5.41) is 6.93. The van der Waals surface area contributed by atoms with Crippen molar-refractivity contribution in [2.75, 3.05) is 0 Å². The number of furan rings is 1. The molecule has 0 spiro atoms. The molecule has 0 aliphatic rings. The quantitative estimate of drug-likeness (QED) is 0.187. The first kappa shape index (κ1) is 28.2. The number of aromatic nitrogens is 4. The Labute approximate surface area is 295 Å². The number of hydrogen-bond donors (Lipinski definition) is 0. The van der Waals surface area contributed by atoms with Crippen LogP contribution in [0.5, 0.6) is 0 Å². The largest absolute Gasteiger partial charge is 0.456 e. The van der Waals surface area contributed by atoms with Crippen molar-refractivity contribution < 1.29 is 4.42 Å². The van der Waals surface area contributed by atoms with Gasteiger partial charge in [-0.05, 0) is 60.7 Å². The van der Waals surface area contributed by atoms with Crippen LogP contribution in [0.2, 0.25) is 0 Å². The number of fused-ring (bicyclic) bond motifs is 9. The third-order valence-electron chi connectivity index (χ3n) is 9.86. The van der Waals surface area contributed by atoms with Gasteiger partial charge in [-0.15, -0.1) is 11.3 Å². The minimum Gasteiger partial charge on any atom is -0.456 e. The van der Waals surface area contributed by atoms with E-state index in [-0.39, 0.29) is 0 Å². The van der Waals surface area contributed by atoms with Crippen molar-refractivity contribution in [3.63, 3.8) is 0 Å². The minimum atomic E-state index is 0.609. The van der Waals surface area contributed by atoms with Crippen LogP contribution in [-0.4, -0.2) is 19.5 Å². The first-order chi connectivity index (χ1) is 25.3. The zero-order chi connectivity index (χ0) is 33.5. The van der Waals surface area contributed by atoms with Gasteiger partial charge in [0, 0.05) is 64.1 Å². The smallest absolute Gasteiger partial charge is 0.166 e. The van der Waals surface area contributed by atoms with Gasteiger partial charge in [-0.2, -0.15) is 0 Å². The molecule has 0 N–H and O–H groups in total. The van der Waals surface area contributed by atoms with Gasteiger partial charge in [-0.25, -0.2) is 15.0 Å². The number of para-hydroxylation sites is 4. The lowest BCUT2D eigenvalue weighted by molar-refractivity contribution is 0.669. The molecule has 6 heteroatoms. The molecule has 11 aromatic rings. The second-order valence-corrected chi connectivity index (χ2v) is 13.9. The van der Waals surface area contributed by atoms with Crippen molar-refractivity contribution in [2.24, 2.45) is 0 Å². The Balaban J connectivity index is 1.20. The molecule has 0 aliphatic heterocycles. The fourth-order valence-corrected chi connectivity index (χ4v) is 8.67. The van der Waals surface area contributed by atoms with Gasteiger partial charge in [0.1, 0.15) is 11.2 Å². The van der Waals surface area contributed by atoms with E-state index in [0.29, 0.717) is 17.5 Å². The van der Waals surface area contributed by atoms with E-state index in [1.54, 1.807) is 11.3 Å². The molecule has 0 saturated carbocycles. The molecule has 0 saturated heterocycles. The lowest BCUT2D eigenvalue weighted by Crippen LogP contribution is -2.02. The van der Waals surface area contributed by atoms with Crippen LogP contribution in [0.25, 0.3) is 104 Å². The summed E-state index contributed by atoms with van der Waals surface area (Å²) in [4.78, 5) is 15.7. The number of thiophene rings is 1. The molecule has 0 radical (unpaired) electrons. The summed E-state index contributed by atoms with van der Waals surface area (Å²) in [5.74, 6) is 1.86. The molecule has 11 rings (SSSR count). The summed E-state index contributed by atoms with van der Waals surface area (Å²) in [6.07, 6.45) is 0. The molecule has 0 unspecified atom stereocenters. The molecule has 51 heavy (non-hydrogen) atoms. The van der Waals surface area contributed by atoms with E-state index in [1.165, 1.54) is 25.6 Å². The van der Waals surface area contributed by atoms with E-state index < -0.39 is 0 Å². The molecule has 0 atom stereocenters. The molecule has 0 fully saturated rings. The molecule has 7 aromatic carbocycles. The lowest BCUT2D eigenvalue weighted by atomic mass is 10.1. The van der Waals surface area contributed by atoms with E-state index in [1.807, 2.05) is 30.3 Å². The Morgan fingerprint density at radius 1 is 0.431 bits per heavy atom. The molecule has 0 aliphatic carbocycles. The first-order valence-corrected chi connectivity index (χ1v) is 17.8. The summed E-state index contributed by atoms with van der Waals surface area (Å²) in [7, 11) is 0. The maximum atomic E-state index is 6.17. The van der Waals surface area contributed by atoms with Crippen LogP contribution in [-0.2, 0) is 0 Å². The van der Waals surface area contributed by atoms with Crippen LogP contribution in [0, 0.1) is 0 Å². The summed E-state index contributed by atoms with van der Waals surface area (Å²) < 4.78 is 11.0. The van der Waals surface area contributed by atoms with Crippen LogP contribution in [0.3, 0.4) is 0 Å². The average molecular weight is 671 g/mol. The van der Waals surface area contributed by atoms with E-state index in [2.05, 4.69) is 132 Å². The van der Waals surface area contributed by atoms with Gasteiger partial charge in [0.05, 0.1) is 11.0 Å². The maximum Gasteiger partial charge on any atom is 0.166 e. The predicted octanol–water partition coefficient (Wildman–Crippen LogP) is 12.2. The highest BCUT2D eigenvalue weighted by Crippen LogP contribution is 2.40. The van der Waals surface area contributed by atoms with Gasteiger partial charge in [0.2, 0.25) is 0 Å². The number of nitrogens with zero attached hydrogens (tertiary/aromatic N) is 4. The van der Waals surface area contributed by atoms with Crippen LogP contribution in [0.15, 0.2) is 162 Å². The van der Waals surface area contributed by atoms with Crippen molar-refractivity contribution >= 4 is 75.3 Å². The van der Waals surface area contributed by atoms with Gasteiger partial charge in [0.25, 0.3) is 0 Å². The number of hydrogen-bond acceptors (Lipinski definition) is 5. The average Bonchev–Trinajstić information content (AvgIpc) is 3.87. The molecular formula is C45H26N4OS. The standard InChI is InChI=1S/C45H26N4OS/c1-2-11-29(12-3-1)49-37-18-7-4-13-30(37)34-16-10-17-35(42(34)49)45-47-43(27-22-24-39-36(25-27)31-14-5-8-19-38(31)50-39)46-44(48-45)28-21-23-33-32-15-6-9-20-40(32)51-41(33)26-28/h1-26H. The number of benzene rings is 7. The van der Waals surface area contributed by atoms with E-state index in [9.17, 15) is 0 Å². The van der Waals surface area contributed by atoms with E-state index in [0.717, 1.165) is 60.7 Å². The van der Waals surface area contributed by atoms with E-state index >= 15 is 0 Å². The Hall–Kier alpha value is -6.63. The Kier molecular flexibility index (Phi) is 6.05. The van der Waals surface area contributed by atoms with Gasteiger partial charge in [-0.3, -0.25) is 0 Å². The summed E-state index contributed by atoms with van der Waals surface area (Å²) in [5.41, 5.74) is 7.76. The fourth-order valence-electron chi connectivity index (χ4n) is 7.53. The Morgan fingerprint density at radius 2 is 1.08 bits per heavy atom. The third-order valence-corrected chi connectivity index (χ3v) is 11.0. The third kappa shape index (κ3) is 4.37. The van der Waals surface area contributed by atoms with Crippen LogP contribution >= 0.6 is 11.3 Å². The van der Waals surface area contributed by atoms with E-state index in [4.69, 9.17) is 19.4 Å². The summed E-state index contributed by atoms with van der Waals surface area (Å²) in [6.45, 7) is 0. The van der Waals surface area contributed by atoms with Crippen LogP contribution in [0.1, 0.15) is 0 Å². The van der Waals surface area contributed by atoms with Crippen molar-refractivity contribution in [1.82, 2.24) is 19.5 Å². The second kappa shape index (κ2) is 10.9. The fraction of sp³-hybridized carbons (Fsp3) is 0. The van der Waals surface area contributed by atoms with Crippen molar-refractivity contribution in [3.05, 3.63) is 158 Å².